The number of piperazine rings is 1. The smallest absolute Gasteiger partial charge is 0.253 e. The first-order chi connectivity index (χ1) is 12.0. The van der Waals surface area contributed by atoms with Gasteiger partial charge in [0.05, 0.1) is 11.5 Å². The van der Waals surface area contributed by atoms with Gasteiger partial charge >= 0.3 is 0 Å². The summed E-state index contributed by atoms with van der Waals surface area (Å²) in [6.07, 6.45) is 5.42. The number of nitrogens with zero attached hydrogens (tertiary/aromatic N) is 2. The van der Waals surface area contributed by atoms with Crippen molar-refractivity contribution in [1.82, 2.24) is 9.80 Å². The van der Waals surface area contributed by atoms with E-state index in [0.717, 1.165) is 37.9 Å². The number of benzene rings is 1. The molecular formula is C19H26N2O3S. The fraction of sp³-hybridized carbons (Fsp3) is 0.632. The topological polar surface area (TPSA) is 57.7 Å². The Hall–Kier alpha value is -1.40. The Morgan fingerprint density at radius 1 is 1.00 bits per heavy atom. The van der Waals surface area contributed by atoms with E-state index in [4.69, 9.17) is 0 Å². The fourth-order valence-electron chi connectivity index (χ4n) is 4.40. The maximum absolute atomic E-state index is 12.8. The SMILES string of the molecule is O=C(c1ccc2c(c1)CCCC2)N1CCN([C@H]2CCS(=O)(=O)C2)CC1. The van der Waals surface area contributed by atoms with Crippen LogP contribution in [0, 0.1) is 0 Å². The minimum atomic E-state index is -2.85. The Kier molecular flexibility index (Phi) is 4.58. The molecule has 1 aliphatic carbocycles. The van der Waals surface area contributed by atoms with Gasteiger partial charge in [-0.3, -0.25) is 9.69 Å². The van der Waals surface area contributed by atoms with E-state index in [9.17, 15) is 13.2 Å². The fourth-order valence-corrected chi connectivity index (χ4v) is 6.16. The average molecular weight is 362 g/mol. The molecule has 3 aliphatic rings. The van der Waals surface area contributed by atoms with E-state index in [2.05, 4.69) is 17.0 Å². The first kappa shape index (κ1) is 17.0. The molecule has 0 saturated carbocycles. The molecule has 0 spiro atoms. The Morgan fingerprint density at radius 2 is 1.72 bits per heavy atom. The summed E-state index contributed by atoms with van der Waals surface area (Å²) in [5.41, 5.74) is 3.54. The number of aryl methyl sites for hydroxylation is 2. The molecule has 0 bridgehead atoms. The molecule has 1 atom stereocenters. The largest absolute Gasteiger partial charge is 0.336 e. The second-order valence-corrected chi connectivity index (χ2v) is 9.80. The monoisotopic (exact) mass is 362 g/mol. The van der Waals surface area contributed by atoms with Crippen LogP contribution in [0.1, 0.15) is 40.7 Å². The van der Waals surface area contributed by atoms with Gasteiger partial charge in [0.2, 0.25) is 0 Å². The summed E-state index contributed by atoms with van der Waals surface area (Å²) in [4.78, 5) is 17.0. The van der Waals surface area contributed by atoms with Crippen LogP contribution >= 0.6 is 0 Å². The Labute approximate surface area is 149 Å². The summed E-state index contributed by atoms with van der Waals surface area (Å²) in [6.45, 7) is 2.92. The molecule has 1 amide bonds. The second-order valence-electron chi connectivity index (χ2n) is 7.58. The van der Waals surface area contributed by atoms with Crippen molar-refractivity contribution >= 4 is 15.7 Å². The van der Waals surface area contributed by atoms with Crippen molar-refractivity contribution in [2.75, 3.05) is 37.7 Å². The molecule has 136 valence electrons. The molecule has 2 aliphatic heterocycles. The zero-order chi connectivity index (χ0) is 17.4. The van der Waals surface area contributed by atoms with Crippen LogP contribution in [0.25, 0.3) is 0 Å². The molecular weight excluding hydrogens is 336 g/mol. The third-order valence-corrected chi connectivity index (χ3v) is 7.67. The summed E-state index contributed by atoms with van der Waals surface area (Å²) in [7, 11) is -2.85. The van der Waals surface area contributed by atoms with Crippen LogP contribution in [-0.4, -0.2) is 67.9 Å². The highest BCUT2D eigenvalue weighted by molar-refractivity contribution is 7.91. The number of carbonyl (C=O) groups excluding carboxylic acids is 1. The predicted octanol–water partition coefficient (Wildman–Crippen LogP) is 1.51. The Balaban J connectivity index is 1.38. The third kappa shape index (κ3) is 3.60. The van der Waals surface area contributed by atoms with Crippen molar-refractivity contribution in [2.45, 2.75) is 38.1 Å². The minimum absolute atomic E-state index is 0.118. The van der Waals surface area contributed by atoms with Crippen LogP contribution < -0.4 is 0 Å². The van der Waals surface area contributed by atoms with Gasteiger partial charge in [0.15, 0.2) is 9.84 Å². The van der Waals surface area contributed by atoms with E-state index >= 15 is 0 Å². The number of fused-ring (bicyclic) bond motifs is 1. The second kappa shape index (κ2) is 6.72. The van der Waals surface area contributed by atoms with E-state index in [1.165, 1.54) is 24.0 Å². The molecule has 5 nitrogen and oxygen atoms in total. The van der Waals surface area contributed by atoms with Gasteiger partial charge in [-0.1, -0.05) is 6.07 Å². The maximum Gasteiger partial charge on any atom is 0.253 e. The number of hydrogen-bond acceptors (Lipinski definition) is 4. The highest BCUT2D eigenvalue weighted by atomic mass is 32.2. The molecule has 6 heteroatoms. The van der Waals surface area contributed by atoms with Gasteiger partial charge in [-0.25, -0.2) is 8.42 Å². The summed E-state index contributed by atoms with van der Waals surface area (Å²) in [5, 5.41) is 0. The molecule has 2 heterocycles. The lowest BCUT2D eigenvalue weighted by Crippen LogP contribution is -2.52. The van der Waals surface area contributed by atoms with Crippen LogP contribution in [0.15, 0.2) is 18.2 Å². The summed E-state index contributed by atoms with van der Waals surface area (Å²) in [6, 6.07) is 6.34. The van der Waals surface area contributed by atoms with E-state index in [0.29, 0.717) is 18.8 Å². The van der Waals surface area contributed by atoms with Crippen molar-refractivity contribution in [3.05, 3.63) is 34.9 Å². The normalized spacial score (nSPS) is 26.4. The van der Waals surface area contributed by atoms with Crippen LogP contribution in [0.4, 0.5) is 0 Å². The van der Waals surface area contributed by atoms with Crippen molar-refractivity contribution in [1.29, 1.82) is 0 Å². The molecule has 4 rings (SSSR count). The number of rotatable bonds is 2. The van der Waals surface area contributed by atoms with E-state index in [1.54, 1.807) is 0 Å². The van der Waals surface area contributed by atoms with Gasteiger partial charge in [-0.2, -0.15) is 0 Å². The molecule has 1 aromatic rings. The predicted molar refractivity (Wildman–Crippen MR) is 97.6 cm³/mol. The van der Waals surface area contributed by atoms with Gasteiger partial charge in [-0.15, -0.1) is 0 Å². The van der Waals surface area contributed by atoms with Crippen LogP contribution in [0.5, 0.6) is 0 Å². The van der Waals surface area contributed by atoms with Crippen molar-refractivity contribution in [3.63, 3.8) is 0 Å². The number of carbonyl (C=O) groups is 1. The lowest BCUT2D eigenvalue weighted by molar-refractivity contribution is 0.0587. The van der Waals surface area contributed by atoms with Crippen molar-refractivity contribution in [3.8, 4) is 0 Å². The van der Waals surface area contributed by atoms with E-state index < -0.39 is 9.84 Å². The molecule has 0 radical (unpaired) electrons. The quantitative estimate of drug-likeness (QED) is 0.800. The van der Waals surface area contributed by atoms with Crippen LogP contribution in [0.3, 0.4) is 0 Å². The van der Waals surface area contributed by atoms with E-state index in [1.807, 2.05) is 11.0 Å². The van der Waals surface area contributed by atoms with Crippen molar-refractivity contribution in [2.24, 2.45) is 0 Å². The standard InChI is InChI=1S/C19H26N2O3S/c22-19(17-6-5-15-3-1-2-4-16(15)13-17)21-10-8-20(9-11-21)18-7-12-25(23,24)14-18/h5-6,13,18H,1-4,7-12,14H2/t18-/m0/s1. The Bertz CT molecular complexity index is 767. The van der Waals surface area contributed by atoms with Gasteiger partial charge in [-0.05, 0) is 55.4 Å². The first-order valence-corrected chi connectivity index (χ1v) is 11.2. The van der Waals surface area contributed by atoms with E-state index in [-0.39, 0.29) is 17.7 Å². The lowest BCUT2D eigenvalue weighted by atomic mass is 9.90. The van der Waals surface area contributed by atoms with Crippen molar-refractivity contribution < 1.29 is 13.2 Å². The van der Waals surface area contributed by atoms with Gasteiger partial charge in [0.1, 0.15) is 0 Å². The molecule has 2 fully saturated rings. The summed E-state index contributed by atoms with van der Waals surface area (Å²) >= 11 is 0. The summed E-state index contributed by atoms with van der Waals surface area (Å²) in [5.74, 6) is 0.713. The maximum atomic E-state index is 12.8. The number of sulfone groups is 1. The minimum Gasteiger partial charge on any atom is -0.336 e. The highest BCUT2D eigenvalue weighted by Crippen LogP contribution is 2.24. The van der Waals surface area contributed by atoms with Gasteiger partial charge < -0.3 is 4.90 Å². The molecule has 0 aromatic heterocycles. The van der Waals surface area contributed by atoms with Gasteiger partial charge in [0.25, 0.3) is 5.91 Å². The zero-order valence-electron chi connectivity index (χ0n) is 14.6. The van der Waals surface area contributed by atoms with Gasteiger partial charge in [0, 0.05) is 37.8 Å². The molecule has 2 saturated heterocycles. The molecule has 0 unspecified atom stereocenters. The average Bonchev–Trinajstić information content (AvgIpc) is 3.01. The third-order valence-electron chi connectivity index (χ3n) is 5.92. The Morgan fingerprint density at radius 3 is 2.40 bits per heavy atom. The lowest BCUT2D eigenvalue weighted by Gasteiger charge is -2.37. The first-order valence-electron chi connectivity index (χ1n) is 9.37. The number of hydrogen-bond donors (Lipinski definition) is 0. The molecule has 0 N–H and O–H groups in total. The molecule has 25 heavy (non-hydrogen) atoms. The number of amides is 1. The summed E-state index contributed by atoms with van der Waals surface area (Å²) < 4.78 is 23.3. The van der Waals surface area contributed by atoms with Crippen LogP contribution in [-0.2, 0) is 22.7 Å². The zero-order valence-corrected chi connectivity index (χ0v) is 15.4. The highest BCUT2D eigenvalue weighted by Gasteiger charge is 2.34. The molecule has 1 aromatic carbocycles. The van der Waals surface area contributed by atoms with Crippen LogP contribution in [0.2, 0.25) is 0 Å².